The van der Waals surface area contributed by atoms with Crippen LogP contribution in [0.2, 0.25) is 0 Å². The summed E-state index contributed by atoms with van der Waals surface area (Å²) in [5.41, 5.74) is 9.96. The summed E-state index contributed by atoms with van der Waals surface area (Å²) in [4.78, 5) is 9.96. The van der Waals surface area contributed by atoms with Crippen LogP contribution in [0.4, 0.5) is 5.69 Å². The van der Waals surface area contributed by atoms with E-state index in [2.05, 4.69) is 16.9 Å². The third-order valence-corrected chi connectivity index (χ3v) is 4.24. The highest BCUT2D eigenvalue weighted by Crippen LogP contribution is 2.36. The first-order valence-corrected chi connectivity index (χ1v) is 7.85. The number of aryl methyl sites for hydroxylation is 2. The lowest BCUT2D eigenvalue weighted by Gasteiger charge is -2.12. The minimum atomic E-state index is 0.649. The molecule has 1 aromatic carbocycles. The van der Waals surface area contributed by atoms with Crippen LogP contribution in [-0.2, 0) is 0 Å². The molecule has 1 aromatic heterocycles. The average Bonchev–Trinajstić information content (AvgIpc) is 2.45. The maximum absolute atomic E-state index is 6.18. The van der Waals surface area contributed by atoms with Crippen LogP contribution in [0.15, 0.2) is 28.3 Å². The molecule has 112 valence electrons. The zero-order valence-corrected chi connectivity index (χ0v) is 13.8. The SMILES string of the molecule is CCCOc1cccc(Sc2nc(C)c(C)c(C)n2)c1N. The number of nitrogens with zero attached hydrogens (tertiary/aromatic N) is 2. The molecule has 0 saturated heterocycles. The molecule has 0 aliphatic heterocycles. The Morgan fingerprint density at radius 1 is 1.14 bits per heavy atom. The van der Waals surface area contributed by atoms with Gasteiger partial charge in [0, 0.05) is 16.3 Å². The molecule has 5 heteroatoms. The van der Waals surface area contributed by atoms with Crippen LogP contribution in [0.3, 0.4) is 0 Å². The zero-order valence-electron chi connectivity index (χ0n) is 12.9. The van der Waals surface area contributed by atoms with E-state index in [0.717, 1.165) is 39.2 Å². The van der Waals surface area contributed by atoms with Crippen LogP contribution in [0, 0.1) is 20.8 Å². The molecule has 0 spiro atoms. The minimum absolute atomic E-state index is 0.649. The highest BCUT2D eigenvalue weighted by Gasteiger charge is 2.11. The van der Waals surface area contributed by atoms with Crippen molar-refractivity contribution in [2.45, 2.75) is 44.2 Å². The van der Waals surface area contributed by atoms with Crippen molar-refractivity contribution in [2.75, 3.05) is 12.3 Å². The number of nitrogen functional groups attached to an aromatic ring is 1. The molecule has 4 nitrogen and oxygen atoms in total. The van der Waals surface area contributed by atoms with Gasteiger partial charge in [0.1, 0.15) is 5.75 Å². The van der Waals surface area contributed by atoms with Gasteiger partial charge in [-0.15, -0.1) is 0 Å². The van der Waals surface area contributed by atoms with E-state index in [4.69, 9.17) is 10.5 Å². The fourth-order valence-electron chi connectivity index (χ4n) is 1.84. The second-order valence-corrected chi connectivity index (χ2v) is 5.93. The fourth-order valence-corrected chi connectivity index (χ4v) is 2.76. The smallest absolute Gasteiger partial charge is 0.192 e. The van der Waals surface area contributed by atoms with Gasteiger partial charge in [0.15, 0.2) is 5.16 Å². The van der Waals surface area contributed by atoms with Gasteiger partial charge in [0.05, 0.1) is 12.3 Å². The van der Waals surface area contributed by atoms with E-state index >= 15 is 0 Å². The third-order valence-electron chi connectivity index (χ3n) is 3.30. The van der Waals surface area contributed by atoms with E-state index in [1.54, 1.807) is 0 Å². The van der Waals surface area contributed by atoms with Crippen molar-refractivity contribution in [2.24, 2.45) is 0 Å². The summed E-state index contributed by atoms with van der Waals surface area (Å²) in [6, 6.07) is 5.80. The van der Waals surface area contributed by atoms with Gasteiger partial charge in [0.2, 0.25) is 0 Å². The summed E-state index contributed by atoms with van der Waals surface area (Å²) in [6.07, 6.45) is 0.955. The summed E-state index contributed by atoms with van der Waals surface area (Å²) < 4.78 is 5.65. The molecule has 2 rings (SSSR count). The molecule has 1 heterocycles. The van der Waals surface area contributed by atoms with E-state index in [1.165, 1.54) is 11.8 Å². The molecule has 0 atom stereocenters. The van der Waals surface area contributed by atoms with Crippen LogP contribution in [0.1, 0.15) is 30.3 Å². The Morgan fingerprint density at radius 2 is 1.81 bits per heavy atom. The monoisotopic (exact) mass is 303 g/mol. The second kappa shape index (κ2) is 6.80. The second-order valence-electron chi connectivity index (χ2n) is 4.92. The predicted octanol–water partition coefficient (Wildman–Crippen LogP) is 3.92. The van der Waals surface area contributed by atoms with Crippen LogP contribution in [0.5, 0.6) is 5.75 Å². The van der Waals surface area contributed by atoms with Gasteiger partial charge in [-0.1, -0.05) is 13.0 Å². The Morgan fingerprint density at radius 3 is 2.43 bits per heavy atom. The quantitative estimate of drug-likeness (QED) is 0.670. The largest absolute Gasteiger partial charge is 0.491 e. The van der Waals surface area contributed by atoms with Crippen LogP contribution < -0.4 is 10.5 Å². The van der Waals surface area contributed by atoms with Gasteiger partial charge in [-0.05, 0) is 56.7 Å². The van der Waals surface area contributed by atoms with Crippen molar-refractivity contribution in [3.63, 3.8) is 0 Å². The van der Waals surface area contributed by atoms with Crippen molar-refractivity contribution in [3.8, 4) is 5.75 Å². The average molecular weight is 303 g/mol. The van der Waals surface area contributed by atoms with Crippen molar-refractivity contribution in [3.05, 3.63) is 35.2 Å². The zero-order chi connectivity index (χ0) is 15.4. The molecule has 0 radical (unpaired) electrons. The molecular formula is C16H21N3OS. The molecule has 2 N–H and O–H groups in total. The minimum Gasteiger partial charge on any atom is -0.491 e. The lowest BCUT2D eigenvalue weighted by Crippen LogP contribution is -2.01. The van der Waals surface area contributed by atoms with Crippen molar-refractivity contribution in [1.29, 1.82) is 0 Å². The van der Waals surface area contributed by atoms with Gasteiger partial charge >= 0.3 is 0 Å². The molecule has 21 heavy (non-hydrogen) atoms. The lowest BCUT2D eigenvalue weighted by atomic mass is 10.2. The van der Waals surface area contributed by atoms with Crippen molar-refractivity contribution in [1.82, 2.24) is 9.97 Å². The van der Waals surface area contributed by atoms with Gasteiger partial charge in [-0.25, -0.2) is 9.97 Å². The Bertz CT molecular complexity index is 620. The number of nitrogens with two attached hydrogens (primary N) is 1. The van der Waals surface area contributed by atoms with Crippen molar-refractivity contribution >= 4 is 17.4 Å². The summed E-state index contributed by atoms with van der Waals surface area (Å²) in [6.45, 7) is 8.77. The Hall–Kier alpha value is -1.75. The summed E-state index contributed by atoms with van der Waals surface area (Å²) in [7, 11) is 0. The topological polar surface area (TPSA) is 61.0 Å². The molecule has 0 aliphatic carbocycles. The van der Waals surface area contributed by atoms with Gasteiger partial charge in [-0.3, -0.25) is 0 Å². The highest BCUT2D eigenvalue weighted by molar-refractivity contribution is 7.99. The lowest BCUT2D eigenvalue weighted by molar-refractivity contribution is 0.318. The maximum Gasteiger partial charge on any atom is 0.192 e. The summed E-state index contributed by atoms with van der Waals surface area (Å²) in [5, 5.41) is 0.718. The van der Waals surface area contributed by atoms with Crippen LogP contribution in [-0.4, -0.2) is 16.6 Å². The van der Waals surface area contributed by atoms with E-state index < -0.39 is 0 Å². The standard InChI is InChI=1S/C16H21N3OS/c1-5-9-20-13-7-6-8-14(15(13)17)21-16-18-11(3)10(2)12(4)19-16/h6-8H,5,9,17H2,1-4H3. The summed E-state index contributed by atoms with van der Waals surface area (Å²) >= 11 is 1.47. The maximum atomic E-state index is 6.18. The van der Waals surface area contributed by atoms with E-state index in [9.17, 15) is 0 Å². The van der Waals surface area contributed by atoms with Gasteiger partial charge < -0.3 is 10.5 Å². The first kappa shape index (κ1) is 15.6. The summed E-state index contributed by atoms with van der Waals surface area (Å²) in [5.74, 6) is 0.724. The molecule has 0 aliphatic rings. The number of anilines is 1. The van der Waals surface area contributed by atoms with E-state index in [1.807, 2.05) is 39.0 Å². The molecule has 0 fully saturated rings. The first-order chi connectivity index (χ1) is 10.0. The van der Waals surface area contributed by atoms with Crippen LogP contribution >= 0.6 is 11.8 Å². The molecule has 0 amide bonds. The Balaban J connectivity index is 2.27. The van der Waals surface area contributed by atoms with Gasteiger partial charge in [0.25, 0.3) is 0 Å². The molecular weight excluding hydrogens is 282 g/mol. The van der Waals surface area contributed by atoms with Crippen molar-refractivity contribution < 1.29 is 4.74 Å². The number of rotatable bonds is 5. The number of benzene rings is 1. The molecule has 0 unspecified atom stereocenters. The Kier molecular flexibility index (Phi) is 5.07. The predicted molar refractivity (Wildman–Crippen MR) is 87.0 cm³/mol. The fraction of sp³-hybridized carbons (Fsp3) is 0.375. The van der Waals surface area contributed by atoms with E-state index in [0.29, 0.717) is 12.3 Å². The number of hydrogen-bond acceptors (Lipinski definition) is 5. The number of ether oxygens (including phenoxy) is 1. The van der Waals surface area contributed by atoms with Gasteiger partial charge in [-0.2, -0.15) is 0 Å². The molecule has 2 aromatic rings. The number of para-hydroxylation sites is 1. The Labute approximate surface area is 130 Å². The number of aromatic nitrogens is 2. The molecule has 0 bridgehead atoms. The van der Waals surface area contributed by atoms with Crippen LogP contribution in [0.25, 0.3) is 0 Å². The first-order valence-electron chi connectivity index (χ1n) is 7.04. The molecule has 0 saturated carbocycles. The third kappa shape index (κ3) is 3.67. The van der Waals surface area contributed by atoms with E-state index in [-0.39, 0.29) is 0 Å². The number of hydrogen-bond donors (Lipinski definition) is 1. The normalized spacial score (nSPS) is 10.7. The highest BCUT2D eigenvalue weighted by atomic mass is 32.2.